The molecule has 0 radical (unpaired) electrons. The van der Waals surface area contributed by atoms with Crippen molar-refractivity contribution in [2.45, 2.75) is 25.4 Å². The Balaban J connectivity index is 2.82. The summed E-state index contributed by atoms with van der Waals surface area (Å²) in [5.41, 5.74) is -3.66. The molecule has 0 amide bonds. The van der Waals surface area contributed by atoms with E-state index in [-0.39, 0.29) is 11.1 Å². The maximum atomic E-state index is 14.1. The molecule has 2 aromatic rings. The van der Waals surface area contributed by atoms with Crippen LogP contribution in [-0.4, -0.2) is 20.3 Å². The van der Waals surface area contributed by atoms with Gasteiger partial charge in [-0.1, -0.05) is 0 Å². The van der Waals surface area contributed by atoms with Gasteiger partial charge >= 0.3 is 5.92 Å². The van der Waals surface area contributed by atoms with E-state index in [1.807, 2.05) is 0 Å². The van der Waals surface area contributed by atoms with Crippen LogP contribution < -0.4 is 0 Å². The quantitative estimate of drug-likeness (QED) is 0.827. The fourth-order valence-corrected chi connectivity index (χ4v) is 1.60. The van der Waals surface area contributed by atoms with E-state index in [1.165, 1.54) is 12.3 Å². The van der Waals surface area contributed by atoms with Crippen LogP contribution in [0.4, 0.5) is 13.2 Å². The van der Waals surface area contributed by atoms with Crippen LogP contribution in [0.3, 0.4) is 0 Å². The monoisotopic (exact) mass is 254 g/mol. The molecule has 7 heteroatoms. The Morgan fingerprint density at radius 3 is 2.56 bits per heavy atom. The molecule has 0 aliphatic rings. The summed E-state index contributed by atoms with van der Waals surface area (Å²) in [6.45, 7) is 1.52. The number of hydrogen-bond donors (Lipinski definition) is 0. The van der Waals surface area contributed by atoms with Crippen LogP contribution in [0.1, 0.15) is 25.1 Å². The maximum Gasteiger partial charge on any atom is 0.323 e. The summed E-state index contributed by atoms with van der Waals surface area (Å²) < 4.78 is 42.6. The van der Waals surface area contributed by atoms with Crippen molar-refractivity contribution in [3.8, 4) is 6.07 Å². The van der Waals surface area contributed by atoms with Crippen LogP contribution in [0.2, 0.25) is 0 Å². The van der Waals surface area contributed by atoms with Gasteiger partial charge in [0.25, 0.3) is 0 Å². The molecular formula is C11H9F3N4. The Morgan fingerprint density at radius 1 is 1.33 bits per heavy atom. The molecule has 0 aliphatic carbocycles. The number of alkyl halides is 3. The zero-order valence-electron chi connectivity index (χ0n) is 9.65. The van der Waals surface area contributed by atoms with Crippen LogP contribution in [0, 0.1) is 11.3 Å². The normalized spacial score (nSPS) is 12.7. The van der Waals surface area contributed by atoms with Crippen LogP contribution in [0.5, 0.6) is 0 Å². The SMILES string of the molecule is CC(C)(F)C(F)(F)c1c(C#N)cc2cncnn12. The first-order chi connectivity index (χ1) is 8.29. The lowest BCUT2D eigenvalue weighted by molar-refractivity contribution is -0.131. The Kier molecular flexibility index (Phi) is 2.54. The Bertz CT molecular complexity index is 634. The standard InChI is InChI=1S/C11H9F3N4/c1-10(2,12)11(13,14)9-7(4-15)3-8-5-16-6-17-18(8)9/h3,5-6H,1-2H3. The molecule has 2 heterocycles. The molecule has 4 nitrogen and oxygen atoms in total. The third-order valence-electron chi connectivity index (χ3n) is 2.61. The third-order valence-corrected chi connectivity index (χ3v) is 2.61. The highest BCUT2D eigenvalue weighted by Crippen LogP contribution is 2.42. The molecule has 0 spiro atoms. The van der Waals surface area contributed by atoms with Gasteiger partial charge in [0, 0.05) is 0 Å². The minimum Gasteiger partial charge on any atom is -0.241 e. The summed E-state index contributed by atoms with van der Waals surface area (Å²) >= 11 is 0. The lowest BCUT2D eigenvalue weighted by Crippen LogP contribution is -2.38. The van der Waals surface area contributed by atoms with E-state index in [0.717, 1.165) is 24.7 Å². The number of rotatable bonds is 2. The second kappa shape index (κ2) is 3.70. The zero-order chi connectivity index (χ0) is 13.6. The molecule has 0 unspecified atom stereocenters. The maximum absolute atomic E-state index is 14.1. The van der Waals surface area contributed by atoms with Gasteiger partial charge in [-0.25, -0.2) is 13.9 Å². The minimum atomic E-state index is -3.83. The Labute approximate surface area is 101 Å². The number of aromatic nitrogens is 3. The highest BCUT2D eigenvalue weighted by Gasteiger charge is 2.52. The number of hydrogen-bond acceptors (Lipinski definition) is 3. The largest absolute Gasteiger partial charge is 0.323 e. The number of halogens is 3. The Hall–Kier alpha value is -2.10. The topological polar surface area (TPSA) is 54.0 Å². The fraction of sp³-hybridized carbons (Fsp3) is 0.364. The van der Waals surface area contributed by atoms with Crippen molar-refractivity contribution in [1.29, 1.82) is 5.26 Å². The average molecular weight is 254 g/mol. The molecular weight excluding hydrogens is 245 g/mol. The van der Waals surface area contributed by atoms with Gasteiger partial charge in [-0.15, -0.1) is 0 Å². The zero-order valence-corrected chi connectivity index (χ0v) is 9.65. The van der Waals surface area contributed by atoms with Crippen LogP contribution in [0.15, 0.2) is 18.6 Å². The van der Waals surface area contributed by atoms with Gasteiger partial charge in [0.1, 0.15) is 18.1 Å². The summed E-state index contributed by atoms with van der Waals surface area (Å²) in [7, 11) is 0. The molecule has 2 aromatic heterocycles. The highest BCUT2D eigenvalue weighted by atomic mass is 19.3. The van der Waals surface area contributed by atoms with E-state index < -0.39 is 17.3 Å². The predicted molar refractivity (Wildman–Crippen MR) is 56.8 cm³/mol. The minimum absolute atomic E-state index is 0.216. The van der Waals surface area contributed by atoms with Crippen molar-refractivity contribution in [2.24, 2.45) is 0 Å². The van der Waals surface area contributed by atoms with Crippen molar-refractivity contribution in [3.63, 3.8) is 0 Å². The first-order valence-electron chi connectivity index (χ1n) is 5.08. The van der Waals surface area contributed by atoms with E-state index in [0.29, 0.717) is 0 Å². The molecule has 0 aromatic carbocycles. The summed E-state index contributed by atoms with van der Waals surface area (Å²) in [6.07, 6.45) is 2.33. The van der Waals surface area contributed by atoms with E-state index >= 15 is 0 Å². The summed E-state index contributed by atoms with van der Waals surface area (Å²) in [6, 6.07) is 2.83. The van der Waals surface area contributed by atoms with Crippen LogP contribution in [0.25, 0.3) is 5.52 Å². The second-order valence-electron chi connectivity index (χ2n) is 4.31. The number of nitrogens with zero attached hydrogens (tertiary/aromatic N) is 4. The van der Waals surface area contributed by atoms with Crippen molar-refractivity contribution in [2.75, 3.05) is 0 Å². The van der Waals surface area contributed by atoms with E-state index in [4.69, 9.17) is 5.26 Å². The van der Waals surface area contributed by atoms with Gasteiger partial charge in [0.05, 0.1) is 17.3 Å². The molecule has 0 saturated heterocycles. The fourth-order valence-electron chi connectivity index (χ4n) is 1.60. The van der Waals surface area contributed by atoms with Crippen molar-refractivity contribution in [1.82, 2.24) is 14.6 Å². The lowest BCUT2D eigenvalue weighted by Gasteiger charge is -2.26. The molecule has 0 bridgehead atoms. The highest BCUT2D eigenvalue weighted by molar-refractivity contribution is 5.56. The smallest absolute Gasteiger partial charge is 0.241 e. The van der Waals surface area contributed by atoms with Gasteiger partial charge < -0.3 is 0 Å². The second-order valence-corrected chi connectivity index (χ2v) is 4.31. The molecule has 0 fully saturated rings. The van der Waals surface area contributed by atoms with Gasteiger partial charge in [0.2, 0.25) is 0 Å². The van der Waals surface area contributed by atoms with Crippen molar-refractivity contribution >= 4 is 5.52 Å². The van der Waals surface area contributed by atoms with Crippen LogP contribution in [-0.2, 0) is 5.92 Å². The molecule has 0 atom stereocenters. The molecule has 2 rings (SSSR count). The van der Waals surface area contributed by atoms with E-state index in [9.17, 15) is 13.2 Å². The molecule has 0 aliphatic heterocycles. The van der Waals surface area contributed by atoms with Crippen molar-refractivity contribution < 1.29 is 13.2 Å². The van der Waals surface area contributed by atoms with Gasteiger partial charge in [-0.05, 0) is 19.9 Å². The average Bonchev–Trinajstić information content (AvgIpc) is 2.66. The van der Waals surface area contributed by atoms with Gasteiger partial charge in [0.15, 0.2) is 5.67 Å². The lowest BCUT2D eigenvalue weighted by atomic mass is 9.97. The van der Waals surface area contributed by atoms with Crippen LogP contribution >= 0.6 is 0 Å². The van der Waals surface area contributed by atoms with Gasteiger partial charge in [-0.2, -0.15) is 19.1 Å². The Morgan fingerprint density at radius 2 is 2.00 bits per heavy atom. The summed E-state index contributed by atoms with van der Waals surface area (Å²) in [5.74, 6) is -3.83. The van der Waals surface area contributed by atoms with Gasteiger partial charge in [-0.3, -0.25) is 0 Å². The first kappa shape index (κ1) is 12.4. The molecule has 18 heavy (non-hydrogen) atoms. The molecule has 94 valence electrons. The summed E-state index contributed by atoms with van der Waals surface area (Å²) in [4.78, 5) is 3.67. The number of fused-ring (bicyclic) bond motifs is 1. The predicted octanol–water partition coefficient (Wildman–Crippen LogP) is 2.44. The number of nitriles is 1. The van der Waals surface area contributed by atoms with E-state index in [1.54, 1.807) is 6.07 Å². The molecule has 0 saturated carbocycles. The summed E-state index contributed by atoms with van der Waals surface area (Å²) in [5, 5.41) is 12.5. The first-order valence-corrected chi connectivity index (χ1v) is 5.08. The van der Waals surface area contributed by atoms with E-state index in [2.05, 4.69) is 10.1 Å². The van der Waals surface area contributed by atoms with Crippen molar-refractivity contribution in [3.05, 3.63) is 29.8 Å². The molecule has 0 N–H and O–H groups in total. The third kappa shape index (κ3) is 1.61.